The summed E-state index contributed by atoms with van der Waals surface area (Å²) in [7, 11) is 0. The number of carbonyl (C=O) groups excluding carboxylic acids is 2. The Balaban J connectivity index is 1.69. The number of hydrazine groups is 1. The summed E-state index contributed by atoms with van der Waals surface area (Å²) in [6, 6.07) is 10.7. The van der Waals surface area contributed by atoms with Crippen molar-refractivity contribution < 1.29 is 9.59 Å². The number of benzene rings is 1. The normalized spacial score (nSPS) is 10.0. The Morgan fingerprint density at radius 1 is 1.18 bits per heavy atom. The molecule has 0 spiro atoms. The van der Waals surface area contributed by atoms with Crippen LogP contribution in [0.2, 0.25) is 5.02 Å². The van der Waals surface area contributed by atoms with E-state index >= 15 is 0 Å². The topological polar surface area (TPSA) is 71.1 Å². The average molecular weight is 336 g/mol. The second-order valence-electron chi connectivity index (χ2n) is 4.37. The number of amides is 2. The minimum absolute atomic E-state index is 0.236. The Hall–Kier alpha value is -2.05. The van der Waals surface area contributed by atoms with Crippen molar-refractivity contribution in [1.29, 1.82) is 0 Å². The first kappa shape index (κ1) is 16.3. The highest BCUT2D eigenvalue weighted by Gasteiger charge is 2.07. The van der Waals surface area contributed by atoms with Crippen molar-refractivity contribution in [2.75, 3.05) is 5.75 Å². The van der Waals surface area contributed by atoms with Gasteiger partial charge in [0.2, 0.25) is 5.91 Å². The van der Waals surface area contributed by atoms with Gasteiger partial charge in [0.25, 0.3) is 5.91 Å². The van der Waals surface area contributed by atoms with E-state index in [1.165, 1.54) is 18.0 Å². The molecular weight excluding hydrogens is 322 g/mol. The number of thioether (sulfide) groups is 1. The summed E-state index contributed by atoms with van der Waals surface area (Å²) in [5, 5.41) is 0.672. The molecule has 0 atom stereocenters. The highest BCUT2D eigenvalue weighted by molar-refractivity contribution is 7.99. The second-order valence-corrected chi connectivity index (χ2v) is 5.79. The highest BCUT2D eigenvalue weighted by Crippen LogP contribution is 2.16. The Morgan fingerprint density at radius 2 is 2.05 bits per heavy atom. The predicted octanol–water partition coefficient (Wildman–Crippen LogP) is 2.43. The van der Waals surface area contributed by atoms with Crippen molar-refractivity contribution in [1.82, 2.24) is 15.8 Å². The number of hydrogen-bond donors (Lipinski definition) is 2. The molecule has 1 aromatic carbocycles. The number of nitrogens with one attached hydrogen (secondary N) is 2. The van der Waals surface area contributed by atoms with Gasteiger partial charge in [-0.25, -0.2) is 0 Å². The summed E-state index contributed by atoms with van der Waals surface area (Å²) >= 11 is 7.32. The van der Waals surface area contributed by atoms with E-state index in [4.69, 9.17) is 11.6 Å². The predicted molar refractivity (Wildman–Crippen MR) is 87.5 cm³/mol. The second kappa shape index (κ2) is 8.41. The van der Waals surface area contributed by atoms with Crippen molar-refractivity contribution in [3.05, 3.63) is 64.9 Å². The van der Waals surface area contributed by atoms with Crippen LogP contribution in [0, 0.1) is 0 Å². The molecule has 0 fully saturated rings. The van der Waals surface area contributed by atoms with Crippen LogP contribution in [0.5, 0.6) is 0 Å². The molecule has 0 aliphatic rings. The van der Waals surface area contributed by atoms with Crippen LogP contribution < -0.4 is 10.9 Å². The largest absolute Gasteiger partial charge is 0.272 e. The third-order valence-corrected chi connectivity index (χ3v) is 3.87. The molecule has 2 amide bonds. The fourth-order valence-electron chi connectivity index (χ4n) is 1.62. The quantitative estimate of drug-likeness (QED) is 0.823. The first-order chi connectivity index (χ1) is 10.6. The van der Waals surface area contributed by atoms with Crippen molar-refractivity contribution in [2.24, 2.45) is 0 Å². The molecule has 7 heteroatoms. The van der Waals surface area contributed by atoms with Crippen molar-refractivity contribution >= 4 is 35.2 Å². The SMILES string of the molecule is O=C(CSCc1cccc(Cl)c1)NNC(=O)c1cccnc1. The molecule has 114 valence electrons. The van der Waals surface area contributed by atoms with Gasteiger partial charge in [-0.1, -0.05) is 23.7 Å². The van der Waals surface area contributed by atoms with Gasteiger partial charge >= 0.3 is 0 Å². The zero-order valence-electron chi connectivity index (χ0n) is 11.6. The van der Waals surface area contributed by atoms with Crippen LogP contribution in [0.1, 0.15) is 15.9 Å². The average Bonchev–Trinajstić information content (AvgIpc) is 2.53. The number of pyridine rings is 1. The van der Waals surface area contributed by atoms with E-state index < -0.39 is 5.91 Å². The van der Waals surface area contributed by atoms with E-state index in [-0.39, 0.29) is 11.7 Å². The monoisotopic (exact) mass is 335 g/mol. The Kier molecular flexibility index (Phi) is 6.24. The summed E-state index contributed by atoms with van der Waals surface area (Å²) in [5.41, 5.74) is 6.14. The number of rotatable bonds is 5. The van der Waals surface area contributed by atoms with Crippen LogP contribution in [0.4, 0.5) is 0 Å². The van der Waals surface area contributed by atoms with Gasteiger partial charge in [-0.3, -0.25) is 25.4 Å². The molecule has 2 aromatic rings. The maximum Gasteiger partial charge on any atom is 0.271 e. The summed E-state index contributed by atoms with van der Waals surface area (Å²) < 4.78 is 0. The molecule has 0 saturated carbocycles. The fraction of sp³-hybridized carbons (Fsp3) is 0.133. The lowest BCUT2D eigenvalue weighted by molar-refractivity contribution is -0.119. The molecule has 5 nitrogen and oxygen atoms in total. The molecule has 1 aromatic heterocycles. The summed E-state index contributed by atoms with van der Waals surface area (Å²) in [4.78, 5) is 27.2. The van der Waals surface area contributed by atoms with Crippen LogP contribution >= 0.6 is 23.4 Å². The molecule has 0 radical (unpaired) electrons. The summed E-state index contributed by atoms with van der Waals surface area (Å²) in [6.07, 6.45) is 3.00. The van der Waals surface area contributed by atoms with E-state index in [9.17, 15) is 9.59 Å². The maximum absolute atomic E-state index is 11.7. The molecule has 2 rings (SSSR count). The van der Waals surface area contributed by atoms with Gasteiger partial charge < -0.3 is 0 Å². The maximum atomic E-state index is 11.7. The van der Waals surface area contributed by atoms with Gasteiger partial charge in [0, 0.05) is 23.2 Å². The van der Waals surface area contributed by atoms with E-state index in [1.54, 1.807) is 24.4 Å². The molecule has 0 aliphatic heterocycles. The van der Waals surface area contributed by atoms with Crippen molar-refractivity contribution in [2.45, 2.75) is 5.75 Å². The minimum Gasteiger partial charge on any atom is -0.272 e. The van der Waals surface area contributed by atoms with E-state index in [0.29, 0.717) is 16.3 Å². The van der Waals surface area contributed by atoms with Gasteiger partial charge in [-0.15, -0.1) is 11.8 Å². The number of hydrogen-bond acceptors (Lipinski definition) is 4. The Bertz CT molecular complexity index is 652. The third kappa shape index (κ3) is 5.38. The van der Waals surface area contributed by atoms with E-state index in [0.717, 1.165) is 5.56 Å². The van der Waals surface area contributed by atoms with Gasteiger partial charge in [-0.05, 0) is 29.8 Å². The number of nitrogens with zero attached hydrogens (tertiary/aromatic N) is 1. The summed E-state index contributed by atoms with van der Waals surface area (Å²) in [5.74, 6) is 0.232. The number of carbonyl (C=O) groups is 2. The summed E-state index contributed by atoms with van der Waals surface area (Å²) in [6.45, 7) is 0. The molecule has 0 bridgehead atoms. The first-order valence-corrected chi connectivity index (χ1v) is 8.00. The lowest BCUT2D eigenvalue weighted by Gasteiger charge is -2.07. The molecule has 0 aliphatic carbocycles. The smallest absolute Gasteiger partial charge is 0.271 e. The molecule has 1 heterocycles. The molecule has 22 heavy (non-hydrogen) atoms. The van der Waals surface area contributed by atoms with Gasteiger partial charge in [0.05, 0.1) is 11.3 Å². The lowest BCUT2D eigenvalue weighted by atomic mass is 10.2. The number of halogens is 1. The van der Waals surface area contributed by atoms with Crippen molar-refractivity contribution in [3.8, 4) is 0 Å². The van der Waals surface area contributed by atoms with Crippen LogP contribution in [-0.4, -0.2) is 22.6 Å². The van der Waals surface area contributed by atoms with Gasteiger partial charge in [-0.2, -0.15) is 0 Å². The van der Waals surface area contributed by atoms with Crippen molar-refractivity contribution in [3.63, 3.8) is 0 Å². The zero-order valence-corrected chi connectivity index (χ0v) is 13.2. The minimum atomic E-state index is -0.402. The van der Waals surface area contributed by atoms with E-state index in [2.05, 4.69) is 15.8 Å². The molecular formula is C15H14ClN3O2S. The first-order valence-electron chi connectivity index (χ1n) is 6.46. The third-order valence-electron chi connectivity index (χ3n) is 2.63. The number of aromatic nitrogens is 1. The van der Waals surface area contributed by atoms with Gasteiger partial charge in [0.15, 0.2) is 0 Å². The van der Waals surface area contributed by atoms with E-state index in [1.807, 2.05) is 18.2 Å². The van der Waals surface area contributed by atoms with Crippen LogP contribution in [-0.2, 0) is 10.5 Å². The fourth-order valence-corrected chi connectivity index (χ4v) is 2.61. The standard InChI is InChI=1S/C15H14ClN3O2S/c16-13-5-1-3-11(7-13)9-22-10-14(20)18-19-15(21)12-4-2-6-17-8-12/h1-8H,9-10H2,(H,18,20)(H,19,21). The molecule has 2 N–H and O–H groups in total. The van der Waals surface area contributed by atoms with Gasteiger partial charge in [0.1, 0.15) is 0 Å². The Labute approximate surface area is 137 Å². The zero-order chi connectivity index (χ0) is 15.8. The van der Waals surface area contributed by atoms with Crippen LogP contribution in [0.3, 0.4) is 0 Å². The molecule has 0 saturated heterocycles. The lowest BCUT2D eigenvalue weighted by Crippen LogP contribution is -2.42. The molecule has 0 unspecified atom stereocenters. The van der Waals surface area contributed by atoms with Crippen LogP contribution in [0.25, 0.3) is 0 Å². The Morgan fingerprint density at radius 3 is 2.77 bits per heavy atom. The van der Waals surface area contributed by atoms with Crippen LogP contribution in [0.15, 0.2) is 48.8 Å². The highest BCUT2D eigenvalue weighted by atomic mass is 35.5.